The summed E-state index contributed by atoms with van der Waals surface area (Å²) in [6.45, 7) is 6.71. The van der Waals surface area contributed by atoms with Gasteiger partial charge in [-0.3, -0.25) is 4.99 Å². The Morgan fingerprint density at radius 3 is 2.56 bits per heavy atom. The van der Waals surface area contributed by atoms with Crippen molar-refractivity contribution in [3.8, 4) is 5.88 Å². The number of hydrogen-bond acceptors (Lipinski definition) is 7. The number of thioether (sulfide) groups is 1. The molecule has 0 saturated carbocycles. The van der Waals surface area contributed by atoms with Crippen molar-refractivity contribution < 1.29 is 22.3 Å². The van der Waals surface area contributed by atoms with E-state index in [2.05, 4.69) is 24.4 Å². The molecule has 0 amide bonds. The minimum Gasteiger partial charge on any atom is -0.417 e. The summed E-state index contributed by atoms with van der Waals surface area (Å²) in [5.41, 5.74) is 0.104. The maximum absolute atomic E-state index is 13.8. The van der Waals surface area contributed by atoms with E-state index in [1.807, 2.05) is 34.6 Å². The SMILES string of the molecule is C/C=C(\N=C/C(C)C)SNc1cc(OC(F)F)nc(SCc2cccc(F)c2F)n1.CC. The van der Waals surface area contributed by atoms with Crippen LogP contribution in [0.4, 0.5) is 23.4 Å². The monoisotopic (exact) mass is 490 g/mol. The van der Waals surface area contributed by atoms with Crippen LogP contribution in [0.2, 0.25) is 0 Å². The lowest BCUT2D eigenvalue weighted by Crippen LogP contribution is -2.06. The molecule has 0 atom stereocenters. The van der Waals surface area contributed by atoms with Crippen LogP contribution in [0, 0.1) is 17.6 Å². The molecule has 2 rings (SSSR count). The van der Waals surface area contributed by atoms with Gasteiger partial charge in [0, 0.05) is 35.5 Å². The van der Waals surface area contributed by atoms with Gasteiger partial charge in [0.2, 0.25) is 5.88 Å². The number of aliphatic imine (C=N–C) groups is 1. The third kappa shape index (κ3) is 9.90. The molecule has 0 fully saturated rings. The number of aromatic nitrogens is 2. The summed E-state index contributed by atoms with van der Waals surface area (Å²) in [7, 11) is 0. The first kappa shape index (κ1) is 27.8. The van der Waals surface area contributed by atoms with Crippen molar-refractivity contribution in [3.63, 3.8) is 0 Å². The van der Waals surface area contributed by atoms with Crippen LogP contribution in [-0.4, -0.2) is 22.8 Å². The molecule has 0 spiro atoms. The van der Waals surface area contributed by atoms with Gasteiger partial charge in [-0.05, 0) is 18.9 Å². The van der Waals surface area contributed by atoms with E-state index in [1.54, 1.807) is 12.3 Å². The Labute approximate surface area is 194 Å². The lowest BCUT2D eigenvalue weighted by Gasteiger charge is -2.10. The number of ether oxygens (including phenoxy) is 1. The molecule has 0 bridgehead atoms. The number of nitrogens with zero attached hydrogens (tertiary/aromatic N) is 3. The van der Waals surface area contributed by atoms with Crippen molar-refractivity contribution in [1.82, 2.24) is 9.97 Å². The average molecular weight is 491 g/mol. The highest BCUT2D eigenvalue weighted by molar-refractivity contribution is 8.04. The van der Waals surface area contributed by atoms with E-state index >= 15 is 0 Å². The quantitative estimate of drug-likeness (QED) is 0.124. The van der Waals surface area contributed by atoms with Gasteiger partial charge in [0.15, 0.2) is 16.8 Å². The Morgan fingerprint density at radius 2 is 1.94 bits per heavy atom. The van der Waals surface area contributed by atoms with Gasteiger partial charge in [-0.1, -0.05) is 57.7 Å². The first-order valence-corrected chi connectivity index (χ1v) is 11.6. The Hall–Kier alpha value is -2.27. The molecule has 2 aromatic rings. The highest BCUT2D eigenvalue weighted by Gasteiger charge is 2.13. The maximum atomic E-state index is 13.8. The first-order valence-electron chi connectivity index (χ1n) is 9.81. The third-order valence-electron chi connectivity index (χ3n) is 3.29. The van der Waals surface area contributed by atoms with Gasteiger partial charge in [0.1, 0.15) is 10.8 Å². The molecular weight excluding hydrogens is 464 g/mol. The van der Waals surface area contributed by atoms with E-state index in [0.717, 1.165) is 29.8 Å². The van der Waals surface area contributed by atoms with Crippen molar-refractivity contribution in [1.29, 1.82) is 0 Å². The molecule has 1 N–H and O–H groups in total. The largest absolute Gasteiger partial charge is 0.417 e. The molecule has 11 heteroatoms. The molecule has 0 radical (unpaired) electrons. The van der Waals surface area contributed by atoms with Crippen LogP contribution in [0.1, 0.15) is 40.2 Å². The van der Waals surface area contributed by atoms with Gasteiger partial charge in [-0.25, -0.2) is 13.8 Å². The lowest BCUT2D eigenvalue weighted by atomic mass is 10.2. The van der Waals surface area contributed by atoms with Gasteiger partial charge in [0.25, 0.3) is 0 Å². The Kier molecular flexibility index (Phi) is 12.8. The molecule has 1 aromatic heterocycles. The van der Waals surface area contributed by atoms with Gasteiger partial charge in [-0.15, -0.1) is 0 Å². The standard InChI is InChI=1S/C19H20F4N4OS2.C2H6/c1-4-16(24-9-11(2)3)30-27-14-8-15(28-18(22)23)26-19(25-14)29-10-12-6-5-7-13(20)17(12)21;1-2/h4-9,11,18H,10H2,1-3H3,(H,25,26,27);1-2H3/b16-4+,24-9-;. The number of anilines is 1. The number of hydrogen-bond donors (Lipinski definition) is 1. The van der Waals surface area contributed by atoms with Crippen molar-refractivity contribution in [2.45, 2.75) is 52.1 Å². The number of nitrogens with one attached hydrogen (secondary N) is 1. The van der Waals surface area contributed by atoms with Gasteiger partial charge in [-0.2, -0.15) is 13.8 Å². The number of allylic oxidation sites excluding steroid dienone is 1. The zero-order valence-corrected chi connectivity index (χ0v) is 20.0. The summed E-state index contributed by atoms with van der Waals surface area (Å²) < 4.78 is 59.7. The molecule has 0 aliphatic carbocycles. The smallest absolute Gasteiger partial charge is 0.388 e. The minimum absolute atomic E-state index is 0.00705. The van der Waals surface area contributed by atoms with Crippen molar-refractivity contribution >= 4 is 35.7 Å². The minimum atomic E-state index is -3.07. The third-order valence-corrected chi connectivity index (χ3v) is 5.04. The van der Waals surface area contributed by atoms with Gasteiger partial charge >= 0.3 is 6.61 Å². The summed E-state index contributed by atoms with van der Waals surface area (Å²) in [6.07, 6.45) is 3.54. The molecule has 32 heavy (non-hydrogen) atoms. The molecule has 176 valence electrons. The van der Waals surface area contributed by atoms with Crippen LogP contribution in [0.5, 0.6) is 5.88 Å². The highest BCUT2D eigenvalue weighted by Crippen LogP contribution is 2.28. The molecule has 5 nitrogen and oxygen atoms in total. The van der Waals surface area contributed by atoms with Crippen LogP contribution < -0.4 is 9.46 Å². The number of benzene rings is 1. The number of halogens is 4. The molecule has 1 aromatic carbocycles. The van der Waals surface area contributed by atoms with E-state index in [4.69, 9.17) is 0 Å². The molecule has 0 unspecified atom stereocenters. The lowest BCUT2D eigenvalue weighted by molar-refractivity contribution is -0.0532. The fourth-order valence-corrected chi connectivity index (χ4v) is 3.33. The number of alkyl halides is 2. The zero-order valence-electron chi connectivity index (χ0n) is 18.4. The van der Waals surface area contributed by atoms with Crippen LogP contribution >= 0.6 is 23.7 Å². The van der Waals surface area contributed by atoms with Crippen molar-refractivity contribution in [2.75, 3.05) is 4.72 Å². The van der Waals surface area contributed by atoms with Crippen molar-refractivity contribution in [2.24, 2.45) is 10.9 Å². The Balaban J connectivity index is 0.00000249. The van der Waals surface area contributed by atoms with E-state index in [0.29, 0.717) is 5.03 Å². The normalized spacial score (nSPS) is 11.7. The predicted octanol–water partition coefficient (Wildman–Crippen LogP) is 7.32. The van der Waals surface area contributed by atoms with Crippen LogP contribution in [0.15, 0.2) is 45.5 Å². The molecular formula is C21H26F4N4OS2. The van der Waals surface area contributed by atoms with Gasteiger partial charge in [0.05, 0.1) is 0 Å². The topological polar surface area (TPSA) is 59.4 Å². The summed E-state index contributed by atoms with van der Waals surface area (Å²) >= 11 is 2.09. The zero-order chi connectivity index (χ0) is 24.1. The average Bonchev–Trinajstić information content (AvgIpc) is 2.75. The van der Waals surface area contributed by atoms with E-state index in [-0.39, 0.29) is 34.1 Å². The Bertz CT molecular complexity index is 911. The van der Waals surface area contributed by atoms with E-state index in [9.17, 15) is 17.6 Å². The fourth-order valence-electron chi connectivity index (χ4n) is 1.96. The summed E-state index contributed by atoms with van der Waals surface area (Å²) in [4.78, 5) is 12.4. The second-order valence-corrected chi connectivity index (χ2v) is 7.88. The summed E-state index contributed by atoms with van der Waals surface area (Å²) in [5.74, 6) is -1.82. The van der Waals surface area contributed by atoms with Crippen LogP contribution in [-0.2, 0) is 5.75 Å². The second-order valence-electron chi connectivity index (χ2n) is 6.11. The van der Waals surface area contributed by atoms with E-state index in [1.165, 1.54) is 18.2 Å². The highest BCUT2D eigenvalue weighted by atomic mass is 32.2. The maximum Gasteiger partial charge on any atom is 0.388 e. The molecule has 0 aliphatic rings. The molecule has 0 saturated heterocycles. The second kappa shape index (κ2) is 14.7. The summed E-state index contributed by atoms with van der Waals surface area (Å²) in [6, 6.07) is 5.03. The molecule has 0 aliphatic heterocycles. The van der Waals surface area contributed by atoms with Crippen LogP contribution in [0.25, 0.3) is 0 Å². The van der Waals surface area contributed by atoms with Crippen LogP contribution in [0.3, 0.4) is 0 Å². The number of rotatable bonds is 10. The predicted molar refractivity (Wildman–Crippen MR) is 124 cm³/mol. The summed E-state index contributed by atoms with van der Waals surface area (Å²) in [5, 5.41) is 0.710. The fraction of sp³-hybridized carbons (Fsp3) is 0.381. The van der Waals surface area contributed by atoms with Crippen molar-refractivity contribution in [3.05, 3.63) is 52.6 Å². The molecule has 1 heterocycles. The van der Waals surface area contributed by atoms with Gasteiger partial charge < -0.3 is 9.46 Å². The first-order chi connectivity index (χ1) is 15.3. The van der Waals surface area contributed by atoms with E-state index < -0.39 is 18.2 Å². The Morgan fingerprint density at radius 1 is 1.22 bits per heavy atom.